The van der Waals surface area contributed by atoms with E-state index in [2.05, 4.69) is 39.1 Å². The monoisotopic (exact) mass is 422 g/mol. The molecule has 158 valence electrons. The van der Waals surface area contributed by atoms with Gasteiger partial charge < -0.3 is 19.5 Å². The van der Waals surface area contributed by atoms with E-state index in [0.29, 0.717) is 25.3 Å². The molecule has 1 N–H and O–H groups in total. The third kappa shape index (κ3) is 3.08. The number of hydrogen-bond donors (Lipinski definition) is 1. The molecule has 4 aromatic rings. The Morgan fingerprint density at radius 2 is 2.09 bits per heavy atom. The highest BCUT2D eigenvalue weighted by Gasteiger charge is 2.35. The van der Waals surface area contributed by atoms with Crippen LogP contribution in [0.4, 0.5) is 11.5 Å². The zero-order valence-corrected chi connectivity index (χ0v) is 17.5. The molecule has 1 fully saturated rings. The summed E-state index contributed by atoms with van der Waals surface area (Å²) in [5.41, 5.74) is 4.80. The van der Waals surface area contributed by atoms with Crippen LogP contribution < -0.4 is 9.80 Å². The van der Waals surface area contributed by atoms with Gasteiger partial charge in [0.1, 0.15) is 0 Å². The summed E-state index contributed by atoms with van der Waals surface area (Å²) in [6, 6.07) is 18.5. The smallest absolute Gasteiger partial charge is 0.162 e. The maximum atomic E-state index is 9.54. The molecule has 2 aliphatic rings. The fraction of sp³-hybridized carbons (Fsp3) is 0.240. The first-order chi connectivity index (χ1) is 15.8. The second-order valence-corrected chi connectivity index (χ2v) is 8.22. The number of ether oxygens (including phenoxy) is 1. The van der Waals surface area contributed by atoms with Crippen LogP contribution in [0, 0.1) is 11.3 Å². The van der Waals surface area contributed by atoms with E-state index in [1.807, 2.05) is 42.7 Å². The highest BCUT2D eigenvalue weighted by molar-refractivity contribution is 5.93. The molecule has 1 unspecified atom stereocenters. The average Bonchev–Trinajstić information content (AvgIpc) is 3.33. The Hall–Kier alpha value is -3.89. The van der Waals surface area contributed by atoms with Crippen LogP contribution in [0.3, 0.4) is 0 Å². The van der Waals surface area contributed by atoms with Crippen molar-refractivity contribution in [2.24, 2.45) is 0 Å². The van der Waals surface area contributed by atoms with E-state index in [-0.39, 0.29) is 6.04 Å². The van der Waals surface area contributed by atoms with Gasteiger partial charge in [-0.25, -0.2) is 9.97 Å². The molecular formula is C25H22N6O. The van der Waals surface area contributed by atoms with Gasteiger partial charge in [-0.3, -0.25) is 0 Å². The summed E-state index contributed by atoms with van der Waals surface area (Å²) in [7, 11) is 0. The zero-order chi connectivity index (χ0) is 21.5. The van der Waals surface area contributed by atoms with Crippen LogP contribution in [0.15, 0.2) is 60.9 Å². The normalized spacial score (nSPS) is 17.7. The number of hydrogen-bond acceptors (Lipinski definition) is 6. The zero-order valence-electron chi connectivity index (χ0n) is 17.5. The summed E-state index contributed by atoms with van der Waals surface area (Å²) in [6.45, 7) is 3.62. The van der Waals surface area contributed by atoms with Crippen molar-refractivity contribution in [1.82, 2.24) is 15.0 Å². The molecule has 1 saturated heterocycles. The van der Waals surface area contributed by atoms with Crippen molar-refractivity contribution < 1.29 is 4.74 Å². The van der Waals surface area contributed by atoms with E-state index in [9.17, 15) is 5.26 Å². The number of morpholine rings is 1. The lowest BCUT2D eigenvalue weighted by molar-refractivity contribution is 0.0936. The summed E-state index contributed by atoms with van der Waals surface area (Å²) in [6.07, 6.45) is 3.88. The van der Waals surface area contributed by atoms with Crippen LogP contribution in [0.2, 0.25) is 0 Å². The number of nitrogens with one attached hydrogen (secondary N) is 1. The Balaban J connectivity index is 1.45. The van der Waals surface area contributed by atoms with Crippen LogP contribution in [0.5, 0.6) is 0 Å². The van der Waals surface area contributed by atoms with Gasteiger partial charge in [0.2, 0.25) is 0 Å². The van der Waals surface area contributed by atoms with Crippen molar-refractivity contribution >= 4 is 22.4 Å². The minimum atomic E-state index is 0.219. The Labute approximate surface area is 185 Å². The van der Waals surface area contributed by atoms with Gasteiger partial charge in [0.15, 0.2) is 11.6 Å². The summed E-state index contributed by atoms with van der Waals surface area (Å²) < 4.78 is 5.79. The number of nitrogens with zero attached hydrogens (tertiary/aromatic N) is 5. The summed E-state index contributed by atoms with van der Waals surface area (Å²) in [5, 5.41) is 10.7. The van der Waals surface area contributed by atoms with E-state index < -0.39 is 0 Å². The predicted octanol–water partition coefficient (Wildman–Crippen LogP) is 3.72. The average molecular weight is 422 g/mol. The molecule has 0 aliphatic carbocycles. The second kappa shape index (κ2) is 7.66. The Morgan fingerprint density at radius 1 is 1.16 bits per heavy atom. The lowest BCUT2D eigenvalue weighted by Crippen LogP contribution is -2.55. The number of benzene rings is 2. The van der Waals surface area contributed by atoms with E-state index in [1.165, 1.54) is 0 Å². The maximum absolute atomic E-state index is 9.54. The molecule has 0 radical (unpaired) electrons. The number of aromatic nitrogens is 3. The Kier molecular flexibility index (Phi) is 4.51. The van der Waals surface area contributed by atoms with Crippen molar-refractivity contribution in [3.8, 4) is 17.5 Å². The largest absolute Gasteiger partial charge is 0.377 e. The maximum Gasteiger partial charge on any atom is 0.162 e. The number of nitriles is 1. The molecule has 2 aromatic heterocycles. The topological polar surface area (TPSA) is 81.1 Å². The SMILES string of the molecule is N#Cc1ccccc1CN1CC2COCCN2c2nc(-c3cccc4[nH]ccc34)ncc21. The summed E-state index contributed by atoms with van der Waals surface area (Å²) in [5.74, 6) is 1.66. The van der Waals surface area contributed by atoms with Crippen LogP contribution in [-0.4, -0.2) is 47.3 Å². The number of rotatable bonds is 3. The van der Waals surface area contributed by atoms with Crippen molar-refractivity contribution in [1.29, 1.82) is 5.26 Å². The van der Waals surface area contributed by atoms with Crippen molar-refractivity contribution in [3.05, 3.63) is 72.1 Å². The fourth-order valence-corrected chi connectivity index (χ4v) is 4.77. The van der Waals surface area contributed by atoms with Crippen LogP contribution in [-0.2, 0) is 11.3 Å². The van der Waals surface area contributed by atoms with E-state index >= 15 is 0 Å². The van der Waals surface area contributed by atoms with Gasteiger partial charge >= 0.3 is 0 Å². The van der Waals surface area contributed by atoms with Crippen LogP contribution in [0.25, 0.3) is 22.3 Å². The minimum absolute atomic E-state index is 0.219. The fourth-order valence-electron chi connectivity index (χ4n) is 4.77. The molecule has 6 rings (SSSR count). The molecule has 1 atom stereocenters. The standard InChI is InChI=1S/C25H22N6O/c26-12-17-4-1-2-5-18(17)14-30-15-19-16-32-11-10-31(19)25-23(30)13-28-24(29-25)21-6-3-7-22-20(21)8-9-27-22/h1-9,13,19,27H,10-11,14-16H2. The Bertz CT molecular complexity index is 1340. The summed E-state index contributed by atoms with van der Waals surface area (Å²) in [4.78, 5) is 17.7. The molecule has 2 aromatic carbocycles. The molecule has 32 heavy (non-hydrogen) atoms. The molecule has 0 spiro atoms. The quantitative estimate of drug-likeness (QED) is 0.542. The number of anilines is 2. The third-order valence-corrected chi connectivity index (χ3v) is 6.36. The third-order valence-electron chi connectivity index (χ3n) is 6.36. The number of H-pyrrole nitrogens is 1. The Morgan fingerprint density at radius 3 is 3.03 bits per heavy atom. The predicted molar refractivity (Wildman–Crippen MR) is 123 cm³/mol. The lowest BCUT2D eigenvalue weighted by Gasteiger charge is -2.45. The molecular weight excluding hydrogens is 400 g/mol. The highest BCUT2D eigenvalue weighted by Crippen LogP contribution is 2.37. The molecule has 0 bridgehead atoms. The molecule has 0 amide bonds. The number of aromatic amines is 1. The van der Waals surface area contributed by atoms with Gasteiger partial charge in [-0.15, -0.1) is 0 Å². The first-order valence-electron chi connectivity index (χ1n) is 10.8. The van der Waals surface area contributed by atoms with Crippen LogP contribution >= 0.6 is 0 Å². The van der Waals surface area contributed by atoms with E-state index in [4.69, 9.17) is 14.7 Å². The van der Waals surface area contributed by atoms with Gasteiger partial charge in [-0.2, -0.15) is 5.26 Å². The van der Waals surface area contributed by atoms with Gasteiger partial charge in [-0.05, 0) is 23.8 Å². The molecule has 7 nitrogen and oxygen atoms in total. The molecule has 2 aliphatic heterocycles. The van der Waals surface area contributed by atoms with Crippen LogP contribution in [0.1, 0.15) is 11.1 Å². The second-order valence-electron chi connectivity index (χ2n) is 8.22. The van der Waals surface area contributed by atoms with Crippen molar-refractivity contribution in [3.63, 3.8) is 0 Å². The van der Waals surface area contributed by atoms with Crippen molar-refractivity contribution in [2.45, 2.75) is 12.6 Å². The van der Waals surface area contributed by atoms with Gasteiger partial charge in [0.25, 0.3) is 0 Å². The first kappa shape index (κ1) is 18.8. The van der Waals surface area contributed by atoms with Crippen molar-refractivity contribution in [2.75, 3.05) is 36.1 Å². The number of fused-ring (bicyclic) bond motifs is 4. The van der Waals surface area contributed by atoms with Gasteiger partial charge in [0, 0.05) is 42.3 Å². The molecule has 4 heterocycles. The van der Waals surface area contributed by atoms with Gasteiger partial charge in [0.05, 0.1) is 42.8 Å². The lowest BCUT2D eigenvalue weighted by atomic mass is 10.0. The van der Waals surface area contributed by atoms with Gasteiger partial charge in [-0.1, -0.05) is 30.3 Å². The first-order valence-corrected chi connectivity index (χ1v) is 10.8. The molecule has 7 heteroatoms. The highest BCUT2D eigenvalue weighted by atomic mass is 16.5. The van der Waals surface area contributed by atoms with E-state index in [0.717, 1.165) is 52.4 Å². The van der Waals surface area contributed by atoms with E-state index in [1.54, 1.807) is 0 Å². The summed E-state index contributed by atoms with van der Waals surface area (Å²) >= 11 is 0. The minimum Gasteiger partial charge on any atom is -0.377 e. The molecule has 0 saturated carbocycles.